The first-order valence-electron chi connectivity index (χ1n) is 3.45. The Balaban J connectivity index is 2.39. The summed E-state index contributed by atoms with van der Waals surface area (Å²) in [5.74, 6) is -0.920. The van der Waals surface area contributed by atoms with E-state index >= 15 is 0 Å². The second-order valence-corrected chi connectivity index (χ2v) is 3.35. The minimum absolute atomic E-state index is 0.297. The lowest BCUT2D eigenvalue weighted by atomic mass is 10.5. The predicted octanol–water partition coefficient (Wildman–Crippen LogP) is 1.03. The SMILES string of the molecule is O=C(O)c1ccc(-n2cncn2)s1. The van der Waals surface area contributed by atoms with Crippen LogP contribution in [0.25, 0.3) is 5.00 Å². The van der Waals surface area contributed by atoms with Gasteiger partial charge in [0.1, 0.15) is 22.5 Å². The first kappa shape index (κ1) is 7.93. The summed E-state index contributed by atoms with van der Waals surface area (Å²) in [4.78, 5) is 14.6. The fourth-order valence-corrected chi connectivity index (χ4v) is 1.66. The van der Waals surface area contributed by atoms with E-state index in [4.69, 9.17) is 5.11 Å². The van der Waals surface area contributed by atoms with E-state index in [1.807, 2.05) is 0 Å². The minimum Gasteiger partial charge on any atom is -0.477 e. The number of hydrogen-bond donors (Lipinski definition) is 1. The summed E-state index contributed by atoms with van der Waals surface area (Å²) < 4.78 is 1.52. The zero-order valence-corrected chi connectivity index (χ0v) is 7.23. The van der Waals surface area contributed by atoms with Crippen LogP contribution in [0.1, 0.15) is 9.67 Å². The van der Waals surface area contributed by atoms with Crippen LogP contribution in [-0.4, -0.2) is 25.8 Å². The van der Waals surface area contributed by atoms with Crippen molar-refractivity contribution >= 4 is 17.3 Å². The van der Waals surface area contributed by atoms with Crippen LogP contribution in [0.5, 0.6) is 0 Å². The minimum atomic E-state index is -0.920. The number of hydrogen-bond acceptors (Lipinski definition) is 4. The van der Waals surface area contributed by atoms with Crippen molar-refractivity contribution in [1.29, 1.82) is 0 Å². The Morgan fingerprint density at radius 1 is 1.54 bits per heavy atom. The zero-order valence-electron chi connectivity index (χ0n) is 6.41. The molecule has 2 rings (SSSR count). The van der Waals surface area contributed by atoms with Crippen molar-refractivity contribution in [1.82, 2.24) is 14.8 Å². The normalized spacial score (nSPS) is 10.2. The molecule has 0 bridgehead atoms. The molecule has 66 valence electrons. The first-order valence-corrected chi connectivity index (χ1v) is 4.27. The summed E-state index contributed by atoms with van der Waals surface area (Å²) in [6, 6.07) is 3.24. The summed E-state index contributed by atoms with van der Waals surface area (Å²) in [6.45, 7) is 0. The number of rotatable bonds is 2. The third kappa shape index (κ3) is 1.43. The van der Waals surface area contributed by atoms with Crippen LogP contribution in [0.4, 0.5) is 0 Å². The van der Waals surface area contributed by atoms with Crippen molar-refractivity contribution in [2.45, 2.75) is 0 Å². The fraction of sp³-hybridized carbons (Fsp3) is 0. The van der Waals surface area contributed by atoms with Crippen molar-refractivity contribution in [2.24, 2.45) is 0 Å². The molecule has 0 unspecified atom stereocenters. The van der Waals surface area contributed by atoms with Crippen LogP contribution in [0, 0.1) is 0 Å². The molecule has 0 amide bonds. The van der Waals surface area contributed by atoms with Gasteiger partial charge in [-0.3, -0.25) is 0 Å². The molecular weight excluding hydrogens is 190 g/mol. The van der Waals surface area contributed by atoms with Gasteiger partial charge in [0, 0.05) is 0 Å². The summed E-state index contributed by atoms with van der Waals surface area (Å²) in [7, 11) is 0. The highest BCUT2D eigenvalue weighted by atomic mass is 32.1. The molecular formula is C7H5N3O2S. The number of thiophene rings is 1. The van der Waals surface area contributed by atoms with E-state index in [0.29, 0.717) is 4.88 Å². The van der Waals surface area contributed by atoms with E-state index in [-0.39, 0.29) is 0 Å². The van der Waals surface area contributed by atoms with Crippen LogP contribution in [-0.2, 0) is 0 Å². The monoisotopic (exact) mass is 195 g/mol. The van der Waals surface area contributed by atoms with Gasteiger partial charge in [0.05, 0.1) is 0 Å². The topological polar surface area (TPSA) is 68.0 Å². The molecule has 5 nitrogen and oxygen atoms in total. The van der Waals surface area contributed by atoms with E-state index in [9.17, 15) is 4.79 Å². The van der Waals surface area contributed by atoms with Crippen molar-refractivity contribution in [3.8, 4) is 5.00 Å². The molecule has 2 aromatic rings. The van der Waals surface area contributed by atoms with E-state index in [0.717, 1.165) is 16.3 Å². The maximum Gasteiger partial charge on any atom is 0.345 e. The van der Waals surface area contributed by atoms with Crippen LogP contribution < -0.4 is 0 Å². The molecule has 0 aromatic carbocycles. The lowest BCUT2D eigenvalue weighted by Gasteiger charge is -1.91. The smallest absolute Gasteiger partial charge is 0.345 e. The van der Waals surface area contributed by atoms with Crippen molar-refractivity contribution in [3.63, 3.8) is 0 Å². The molecule has 0 aliphatic heterocycles. The molecule has 13 heavy (non-hydrogen) atoms. The van der Waals surface area contributed by atoms with Gasteiger partial charge in [0.15, 0.2) is 0 Å². The summed E-state index contributed by atoms with van der Waals surface area (Å²) in [6.07, 6.45) is 2.93. The maximum absolute atomic E-state index is 10.5. The zero-order chi connectivity index (χ0) is 9.26. The molecule has 0 aliphatic rings. The molecule has 0 saturated carbocycles. The van der Waals surface area contributed by atoms with Gasteiger partial charge in [-0.25, -0.2) is 14.5 Å². The summed E-state index contributed by atoms with van der Waals surface area (Å²) >= 11 is 1.16. The van der Waals surface area contributed by atoms with E-state index in [2.05, 4.69) is 10.1 Å². The van der Waals surface area contributed by atoms with Gasteiger partial charge in [-0.1, -0.05) is 0 Å². The third-order valence-corrected chi connectivity index (χ3v) is 2.51. The Bertz CT molecular complexity index is 421. The highest BCUT2D eigenvalue weighted by Gasteiger charge is 2.07. The third-order valence-electron chi connectivity index (χ3n) is 1.45. The van der Waals surface area contributed by atoms with E-state index in [1.165, 1.54) is 17.3 Å². The highest BCUT2D eigenvalue weighted by Crippen LogP contribution is 2.19. The Morgan fingerprint density at radius 2 is 2.38 bits per heavy atom. The second kappa shape index (κ2) is 2.98. The van der Waals surface area contributed by atoms with Crippen LogP contribution in [0.15, 0.2) is 24.8 Å². The molecule has 2 heterocycles. The molecule has 0 spiro atoms. The van der Waals surface area contributed by atoms with Crippen molar-refractivity contribution < 1.29 is 9.90 Å². The van der Waals surface area contributed by atoms with Gasteiger partial charge >= 0.3 is 5.97 Å². The number of carboxylic acids is 1. The largest absolute Gasteiger partial charge is 0.477 e. The molecule has 6 heteroatoms. The quantitative estimate of drug-likeness (QED) is 0.777. The molecule has 0 radical (unpaired) electrons. The molecule has 0 atom stereocenters. The standard InChI is InChI=1S/C7H5N3O2S/c11-7(12)5-1-2-6(13-5)10-4-8-3-9-10/h1-4H,(H,11,12). The van der Waals surface area contributed by atoms with Gasteiger partial charge in [0.2, 0.25) is 0 Å². The number of carboxylic acid groups (broad SMARTS) is 1. The van der Waals surface area contributed by atoms with Crippen molar-refractivity contribution in [2.75, 3.05) is 0 Å². The van der Waals surface area contributed by atoms with E-state index in [1.54, 1.807) is 12.1 Å². The van der Waals surface area contributed by atoms with E-state index < -0.39 is 5.97 Å². The average molecular weight is 195 g/mol. The van der Waals surface area contributed by atoms with Gasteiger partial charge in [-0.05, 0) is 12.1 Å². The number of aromatic nitrogens is 3. The first-order chi connectivity index (χ1) is 6.27. The van der Waals surface area contributed by atoms with Gasteiger partial charge < -0.3 is 5.11 Å². The summed E-state index contributed by atoms with van der Waals surface area (Å²) in [5, 5.41) is 13.3. The molecule has 0 saturated heterocycles. The number of nitrogens with zero attached hydrogens (tertiary/aromatic N) is 3. The summed E-state index contributed by atoms with van der Waals surface area (Å²) in [5.41, 5.74) is 0. The fourth-order valence-electron chi connectivity index (χ4n) is 0.888. The van der Waals surface area contributed by atoms with Gasteiger partial charge in [0.25, 0.3) is 0 Å². The van der Waals surface area contributed by atoms with Crippen LogP contribution >= 0.6 is 11.3 Å². The highest BCUT2D eigenvalue weighted by molar-refractivity contribution is 7.16. The van der Waals surface area contributed by atoms with Crippen LogP contribution in [0.3, 0.4) is 0 Å². The number of carbonyl (C=O) groups is 1. The number of aromatic carboxylic acids is 1. The Hall–Kier alpha value is -1.69. The Morgan fingerprint density at radius 3 is 2.92 bits per heavy atom. The van der Waals surface area contributed by atoms with Gasteiger partial charge in [-0.2, -0.15) is 5.10 Å². The molecule has 1 N–H and O–H groups in total. The molecule has 0 aliphatic carbocycles. The molecule has 0 fully saturated rings. The lowest BCUT2D eigenvalue weighted by Crippen LogP contribution is -1.91. The predicted molar refractivity (Wildman–Crippen MR) is 46.2 cm³/mol. The van der Waals surface area contributed by atoms with Crippen molar-refractivity contribution in [3.05, 3.63) is 29.7 Å². The Kier molecular flexibility index (Phi) is 1.82. The average Bonchev–Trinajstić information content (AvgIpc) is 2.75. The van der Waals surface area contributed by atoms with Crippen LogP contribution in [0.2, 0.25) is 0 Å². The van der Waals surface area contributed by atoms with Gasteiger partial charge in [-0.15, -0.1) is 11.3 Å². The molecule has 2 aromatic heterocycles. The lowest BCUT2D eigenvalue weighted by molar-refractivity contribution is 0.0702. The Labute approximate surface area is 77.3 Å². The second-order valence-electron chi connectivity index (χ2n) is 2.28. The maximum atomic E-state index is 10.5.